The second-order valence-corrected chi connectivity index (χ2v) is 3.18. The summed E-state index contributed by atoms with van der Waals surface area (Å²) >= 11 is 0. The first-order valence-corrected chi connectivity index (χ1v) is 4.22. The van der Waals surface area contributed by atoms with Crippen molar-refractivity contribution in [3.8, 4) is 0 Å². The molecule has 80 valence electrons. The summed E-state index contributed by atoms with van der Waals surface area (Å²) in [6.07, 6.45) is 5.43. The molecule has 6 heteroatoms. The van der Waals surface area contributed by atoms with Crippen LogP contribution < -0.4 is 4.73 Å². The second-order valence-electron chi connectivity index (χ2n) is 3.18. The summed E-state index contributed by atoms with van der Waals surface area (Å²) in [6.45, 7) is 0. The van der Waals surface area contributed by atoms with Crippen molar-refractivity contribution in [2.45, 2.75) is 0 Å². The minimum atomic E-state index is -0.519. The van der Waals surface area contributed by atoms with Gasteiger partial charge in [0, 0.05) is 14.1 Å². The average molecular weight is 209 g/mol. The molecule has 1 heterocycles. The van der Waals surface area contributed by atoms with Crippen LogP contribution in [-0.4, -0.2) is 23.9 Å². The third-order valence-electron chi connectivity index (χ3n) is 1.69. The molecule has 1 aromatic heterocycles. The molecule has 0 radical (unpaired) electrons. The fourth-order valence-electron chi connectivity index (χ4n) is 1.01. The van der Waals surface area contributed by atoms with Gasteiger partial charge in [0.1, 0.15) is 5.56 Å². The molecule has 15 heavy (non-hydrogen) atoms. The Bertz CT molecular complexity index is 402. The maximum atomic E-state index is 11.0. The smallest absolute Gasteiger partial charge is 0.288 e. The Kier molecular flexibility index (Phi) is 3.22. The first-order valence-electron chi connectivity index (χ1n) is 4.22. The molecule has 0 N–H and O–H groups in total. The normalized spacial score (nSPS) is 10.5. The van der Waals surface area contributed by atoms with Crippen LogP contribution >= 0.6 is 0 Å². The van der Waals surface area contributed by atoms with Crippen LogP contribution in [0.25, 0.3) is 6.08 Å². The van der Waals surface area contributed by atoms with Crippen molar-refractivity contribution in [2.75, 3.05) is 14.1 Å². The predicted octanol–water partition coefficient (Wildman–Crippen LogP) is 0.761. The largest absolute Gasteiger partial charge is 0.619 e. The van der Waals surface area contributed by atoms with E-state index in [1.165, 1.54) is 12.1 Å². The number of pyridine rings is 1. The lowest BCUT2D eigenvalue weighted by Crippen LogP contribution is -2.25. The first kappa shape index (κ1) is 11.0. The zero-order valence-electron chi connectivity index (χ0n) is 8.45. The zero-order chi connectivity index (χ0) is 11.4. The number of aromatic nitrogens is 1. The fraction of sp³-hybridized carbons (Fsp3) is 0.222. The van der Waals surface area contributed by atoms with E-state index in [1.54, 1.807) is 25.2 Å². The summed E-state index contributed by atoms with van der Waals surface area (Å²) in [6, 6.07) is 1.18. The SMILES string of the molecule is CN(C)/C=C\c1c[n+]([O-])ccc1[N+](=O)[O-]. The summed E-state index contributed by atoms with van der Waals surface area (Å²) in [5.74, 6) is 0. The van der Waals surface area contributed by atoms with Gasteiger partial charge in [-0.1, -0.05) is 0 Å². The molecule has 0 amide bonds. The van der Waals surface area contributed by atoms with Crippen LogP contribution in [0.2, 0.25) is 0 Å². The molecule has 0 aliphatic rings. The van der Waals surface area contributed by atoms with E-state index in [2.05, 4.69) is 0 Å². The van der Waals surface area contributed by atoms with E-state index in [4.69, 9.17) is 0 Å². The molecule has 6 nitrogen and oxygen atoms in total. The van der Waals surface area contributed by atoms with Gasteiger partial charge in [0.15, 0.2) is 12.4 Å². The Labute approximate surface area is 86.8 Å². The van der Waals surface area contributed by atoms with Crippen molar-refractivity contribution in [1.29, 1.82) is 0 Å². The monoisotopic (exact) mass is 209 g/mol. The van der Waals surface area contributed by atoms with Crippen LogP contribution in [0.15, 0.2) is 24.7 Å². The van der Waals surface area contributed by atoms with Gasteiger partial charge in [0.25, 0.3) is 5.69 Å². The van der Waals surface area contributed by atoms with Gasteiger partial charge in [-0.3, -0.25) is 10.1 Å². The maximum Gasteiger partial charge on any atom is 0.288 e. The zero-order valence-corrected chi connectivity index (χ0v) is 8.45. The fourth-order valence-corrected chi connectivity index (χ4v) is 1.01. The number of nitro groups is 1. The van der Waals surface area contributed by atoms with Crippen molar-refractivity contribution >= 4 is 11.8 Å². The molecule has 0 saturated heterocycles. The Morgan fingerprint density at radius 2 is 2.20 bits per heavy atom. The summed E-state index contributed by atoms with van der Waals surface area (Å²) in [5, 5.41) is 21.6. The average Bonchev–Trinajstić information content (AvgIpc) is 2.14. The van der Waals surface area contributed by atoms with Crippen molar-refractivity contribution in [1.82, 2.24) is 4.90 Å². The summed E-state index contributed by atoms with van der Waals surface area (Å²) in [5.41, 5.74) is 0.200. The lowest BCUT2D eigenvalue weighted by molar-refractivity contribution is -0.606. The van der Waals surface area contributed by atoms with E-state index in [0.29, 0.717) is 4.73 Å². The Balaban J connectivity index is 3.13. The van der Waals surface area contributed by atoms with Gasteiger partial charge in [0.05, 0.1) is 11.0 Å². The lowest BCUT2D eigenvalue weighted by atomic mass is 10.2. The predicted molar refractivity (Wildman–Crippen MR) is 54.8 cm³/mol. The van der Waals surface area contributed by atoms with Crippen LogP contribution in [0.5, 0.6) is 0 Å². The second kappa shape index (κ2) is 4.41. The summed E-state index contributed by atoms with van der Waals surface area (Å²) in [7, 11) is 3.58. The molecule has 1 aromatic rings. The highest BCUT2D eigenvalue weighted by atomic mass is 16.6. The van der Waals surface area contributed by atoms with Gasteiger partial charge < -0.3 is 10.1 Å². The molecule has 0 aromatic carbocycles. The highest BCUT2D eigenvalue weighted by Crippen LogP contribution is 2.16. The molecule has 0 bridgehead atoms. The van der Waals surface area contributed by atoms with Crippen LogP contribution in [0.3, 0.4) is 0 Å². The van der Waals surface area contributed by atoms with Gasteiger partial charge in [-0.05, 0) is 12.3 Å². The first-order chi connectivity index (χ1) is 7.00. The Morgan fingerprint density at radius 3 is 2.73 bits per heavy atom. The van der Waals surface area contributed by atoms with E-state index in [0.717, 1.165) is 12.4 Å². The van der Waals surface area contributed by atoms with Gasteiger partial charge in [-0.25, -0.2) is 0 Å². The molecule has 0 unspecified atom stereocenters. The van der Waals surface area contributed by atoms with Crippen molar-refractivity contribution < 1.29 is 9.65 Å². The maximum absolute atomic E-state index is 11.0. The van der Waals surface area contributed by atoms with Gasteiger partial charge in [-0.15, -0.1) is 0 Å². The Morgan fingerprint density at radius 1 is 1.53 bits per heavy atom. The van der Waals surface area contributed by atoms with Crippen molar-refractivity contribution in [3.63, 3.8) is 0 Å². The molecule has 0 aliphatic carbocycles. The number of hydrogen-bond acceptors (Lipinski definition) is 4. The quantitative estimate of drug-likeness (QED) is 0.319. The van der Waals surface area contributed by atoms with Gasteiger partial charge >= 0.3 is 0 Å². The summed E-state index contributed by atoms with van der Waals surface area (Å²) < 4.78 is 0.530. The number of nitrogens with zero attached hydrogens (tertiary/aromatic N) is 3. The lowest BCUT2D eigenvalue weighted by Gasteiger charge is -2.03. The van der Waals surface area contributed by atoms with Crippen LogP contribution in [0.1, 0.15) is 5.56 Å². The molecule has 0 fully saturated rings. The van der Waals surface area contributed by atoms with Gasteiger partial charge in [-0.2, -0.15) is 4.73 Å². The van der Waals surface area contributed by atoms with Crippen LogP contribution in [0.4, 0.5) is 5.69 Å². The summed E-state index contributed by atoms with van der Waals surface area (Å²) in [4.78, 5) is 11.8. The number of rotatable bonds is 3. The van der Waals surface area contributed by atoms with Gasteiger partial charge in [0.2, 0.25) is 0 Å². The van der Waals surface area contributed by atoms with Crippen LogP contribution in [-0.2, 0) is 0 Å². The van der Waals surface area contributed by atoms with Crippen molar-refractivity contribution in [2.24, 2.45) is 0 Å². The highest BCUT2D eigenvalue weighted by Gasteiger charge is 2.14. The molecule has 0 spiro atoms. The molecule has 0 saturated carbocycles. The topological polar surface area (TPSA) is 73.3 Å². The number of hydrogen-bond donors (Lipinski definition) is 0. The molecule has 0 aliphatic heterocycles. The van der Waals surface area contributed by atoms with Crippen molar-refractivity contribution in [3.05, 3.63) is 45.5 Å². The molecule has 0 atom stereocenters. The van der Waals surface area contributed by atoms with E-state index in [1.807, 2.05) is 0 Å². The Hall–Kier alpha value is -2.11. The molecule has 1 rings (SSSR count). The minimum Gasteiger partial charge on any atom is -0.619 e. The van der Waals surface area contributed by atoms with E-state index in [9.17, 15) is 15.3 Å². The standard InChI is InChI=1S/C9H11N3O3/c1-10(2)5-3-8-7-11(13)6-4-9(8)12(14)15/h3-7H,1-2H3/b5-3-. The van der Waals surface area contributed by atoms with E-state index >= 15 is 0 Å². The third kappa shape index (κ3) is 2.94. The molecular formula is C9H11N3O3. The van der Waals surface area contributed by atoms with Crippen LogP contribution in [0, 0.1) is 15.3 Å². The minimum absolute atomic E-state index is 0.0831. The third-order valence-corrected chi connectivity index (χ3v) is 1.69. The van der Waals surface area contributed by atoms with E-state index in [-0.39, 0.29) is 11.3 Å². The van der Waals surface area contributed by atoms with E-state index < -0.39 is 4.92 Å². The molecular weight excluding hydrogens is 198 g/mol. The highest BCUT2D eigenvalue weighted by molar-refractivity contribution is 5.58.